The smallest absolute Gasteiger partial charge is 0.262 e. The summed E-state index contributed by atoms with van der Waals surface area (Å²) in [4.78, 5) is 54.6. The Bertz CT molecular complexity index is 1090. The molecule has 1 aromatic heterocycles. The molecule has 3 aliphatic heterocycles. The summed E-state index contributed by atoms with van der Waals surface area (Å²) < 4.78 is 2.11. The lowest BCUT2D eigenvalue weighted by molar-refractivity contribution is -0.136. The third-order valence-electron chi connectivity index (χ3n) is 5.99. The molecule has 10 nitrogen and oxygen atoms in total. The Morgan fingerprint density at radius 1 is 1.13 bits per heavy atom. The minimum atomic E-state index is -0.951. The first-order chi connectivity index (χ1) is 15.0. The van der Waals surface area contributed by atoms with E-state index in [1.165, 1.54) is 0 Å². The van der Waals surface area contributed by atoms with Gasteiger partial charge in [0.25, 0.3) is 11.8 Å². The maximum absolute atomic E-state index is 12.9. The van der Waals surface area contributed by atoms with Gasteiger partial charge < -0.3 is 15.2 Å². The molecule has 1 aromatic carbocycles. The van der Waals surface area contributed by atoms with Gasteiger partial charge in [-0.05, 0) is 24.1 Å². The van der Waals surface area contributed by atoms with E-state index in [-0.39, 0.29) is 30.4 Å². The fourth-order valence-electron chi connectivity index (χ4n) is 4.36. The lowest BCUT2D eigenvalue weighted by atomic mass is 10.0. The fourth-order valence-corrected chi connectivity index (χ4v) is 4.36. The van der Waals surface area contributed by atoms with Crippen molar-refractivity contribution in [2.75, 3.05) is 6.54 Å². The Kier molecular flexibility index (Phi) is 4.87. The fraction of sp³-hybridized carbons (Fsp3) is 0.381. The molecule has 160 valence electrons. The van der Waals surface area contributed by atoms with Crippen LogP contribution in [0, 0.1) is 0 Å². The standard InChI is InChI=1S/C21H22N6O4/c28-18-4-3-16(19(29)25-18)27-20(30)14-2-1-12(7-15(14)21(27)31)8-24-13-9-22-10-17-23-5-6-26(17)11-13/h1-2,5-7,13,16,22,24H,3-4,8-11H2,(H,25,28,29). The van der Waals surface area contributed by atoms with Gasteiger partial charge in [0.05, 0.1) is 17.7 Å². The van der Waals surface area contributed by atoms with Crippen molar-refractivity contribution in [1.29, 1.82) is 0 Å². The molecule has 31 heavy (non-hydrogen) atoms. The van der Waals surface area contributed by atoms with Crippen LogP contribution in [-0.4, -0.2) is 56.7 Å². The number of benzene rings is 1. The van der Waals surface area contributed by atoms with Crippen LogP contribution in [0.25, 0.3) is 0 Å². The van der Waals surface area contributed by atoms with Gasteiger partial charge in [-0.25, -0.2) is 4.98 Å². The molecule has 0 spiro atoms. The minimum Gasteiger partial charge on any atom is -0.332 e. The van der Waals surface area contributed by atoms with Crippen molar-refractivity contribution in [3.63, 3.8) is 0 Å². The number of hydrogen-bond acceptors (Lipinski definition) is 7. The number of fused-ring (bicyclic) bond motifs is 2. The summed E-state index contributed by atoms with van der Waals surface area (Å²) in [6.07, 6.45) is 4.00. The van der Waals surface area contributed by atoms with Gasteiger partial charge in [-0.2, -0.15) is 0 Å². The summed E-state index contributed by atoms with van der Waals surface area (Å²) in [5.74, 6) is -0.973. The molecule has 10 heteroatoms. The Balaban J connectivity index is 1.29. The molecule has 1 fully saturated rings. The van der Waals surface area contributed by atoms with Crippen LogP contribution in [-0.2, 0) is 29.2 Å². The number of nitrogens with one attached hydrogen (secondary N) is 3. The van der Waals surface area contributed by atoms with E-state index in [2.05, 4.69) is 25.5 Å². The lowest BCUT2D eigenvalue weighted by Gasteiger charge is -2.27. The zero-order valence-electron chi connectivity index (χ0n) is 16.8. The van der Waals surface area contributed by atoms with E-state index in [1.54, 1.807) is 18.3 Å². The number of piperidine rings is 1. The number of imidazole rings is 1. The first-order valence-electron chi connectivity index (χ1n) is 10.3. The molecule has 0 aliphatic carbocycles. The minimum absolute atomic E-state index is 0.104. The van der Waals surface area contributed by atoms with Gasteiger partial charge in [-0.15, -0.1) is 0 Å². The van der Waals surface area contributed by atoms with Crippen LogP contribution in [0.3, 0.4) is 0 Å². The van der Waals surface area contributed by atoms with Crippen molar-refractivity contribution >= 4 is 23.6 Å². The molecular weight excluding hydrogens is 400 g/mol. The molecule has 4 heterocycles. The third kappa shape index (κ3) is 3.53. The number of carbonyl (C=O) groups is 4. The average molecular weight is 422 g/mol. The number of carbonyl (C=O) groups excluding carboxylic acids is 4. The third-order valence-corrected chi connectivity index (χ3v) is 5.99. The Hall–Kier alpha value is -3.37. The topological polar surface area (TPSA) is 125 Å². The predicted molar refractivity (Wildman–Crippen MR) is 108 cm³/mol. The van der Waals surface area contributed by atoms with Crippen LogP contribution in [0.1, 0.15) is 44.9 Å². The molecular formula is C21H22N6O4. The van der Waals surface area contributed by atoms with Gasteiger partial charge in [0, 0.05) is 44.5 Å². The Morgan fingerprint density at radius 2 is 1.97 bits per heavy atom. The normalized spacial score (nSPS) is 23.4. The molecule has 0 radical (unpaired) electrons. The first kappa shape index (κ1) is 19.6. The summed E-state index contributed by atoms with van der Waals surface area (Å²) in [5, 5.41) is 9.06. The highest BCUT2D eigenvalue weighted by atomic mass is 16.2. The van der Waals surface area contributed by atoms with Gasteiger partial charge in [-0.1, -0.05) is 6.07 Å². The molecule has 0 saturated carbocycles. The highest BCUT2D eigenvalue weighted by Gasteiger charge is 2.44. The van der Waals surface area contributed by atoms with Gasteiger partial charge in [0.1, 0.15) is 11.9 Å². The molecule has 3 aliphatic rings. The van der Waals surface area contributed by atoms with Crippen LogP contribution in [0.2, 0.25) is 0 Å². The SMILES string of the molecule is O=C1CCC(N2C(=O)c3ccc(CNC4CNCc5nccn5C4)cc3C2=O)C(=O)N1. The monoisotopic (exact) mass is 422 g/mol. The summed E-state index contributed by atoms with van der Waals surface area (Å²) >= 11 is 0. The number of nitrogens with zero attached hydrogens (tertiary/aromatic N) is 3. The molecule has 5 rings (SSSR count). The van der Waals surface area contributed by atoms with Crippen molar-refractivity contribution in [3.8, 4) is 0 Å². The second-order valence-corrected chi connectivity index (χ2v) is 8.03. The first-order valence-corrected chi connectivity index (χ1v) is 10.3. The number of hydrogen-bond donors (Lipinski definition) is 3. The van der Waals surface area contributed by atoms with E-state index in [1.807, 2.05) is 12.3 Å². The molecule has 2 aromatic rings. The maximum Gasteiger partial charge on any atom is 0.262 e. The van der Waals surface area contributed by atoms with E-state index < -0.39 is 23.8 Å². The lowest BCUT2D eigenvalue weighted by Crippen LogP contribution is -2.54. The molecule has 0 bridgehead atoms. The second-order valence-electron chi connectivity index (χ2n) is 8.03. The summed E-state index contributed by atoms with van der Waals surface area (Å²) in [6.45, 7) is 2.82. The van der Waals surface area contributed by atoms with Crippen LogP contribution in [0.15, 0.2) is 30.6 Å². The van der Waals surface area contributed by atoms with Crippen molar-refractivity contribution in [3.05, 3.63) is 53.1 Å². The van der Waals surface area contributed by atoms with Crippen LogP contribution in [0.5, 0.6) is 0 Å². The molecule has 1 saturated heterocycles. The van der Waals surface area contributed by atoms with Crippen molar-refractivity contribution in [2.45, 2.75) is 44.6 Å². The highest BCUT2D eigenvalue weighted by Crippen LogP contribution is 2.28. The van der Waals surface area contributed by atoms with E-state index in [0.29, 0.717) is 12.1 Å². The van der Waals surface area contributed by atoms with Crippen molar-refractivity contribution in [2.24, 2.45) is 0 Å². The quantitative estimate of drug-likeness (QED) is 0.570. The van der Waals surface area contributed by atoms with Crippen molar-refractivity contribution in [1.82, 2.24) is 30.4 Å². The summed E-state index contributed by atoms with van der Waals surface area (Å²) in [5.41, 5.74) is 1.46. The Labute approximate surface area is 178 Å². The van der Waals surface area contributed by atoms with Crippen molar-refractivity contribution < 1.29 is 19.2 Å². The van der Waals surface area contributed by atoms with Gasteiger partial charge in [0.15, 0.2) is 0 Å². The molecule has 2 atom stereocenters. The molecule has 2 unspecified atom stereocenters. The van der Waals surface area contributed by atoms with Crippen LogP contribution < -0.4 is 16.0 Å². The van der Waals surface area contributed by atoms with E-state index >= 15 is 0 Å². The average Bonchev–Trinajstić information content (AvgIpc) is 3.22. The number of rotatable bonds is 4. The van der Waals surface area contributed by atoms with Crippen LogP contribution in [0.4, 0.5) is 0 Å². The van der Waals surface area contributed by atoms with Crippen LogP contribution >= 0.6 is 0 Å². The summed E-state index contributed by atoms with van der Waals surface area (Å²) in [7, 11) is 0. The van der Waals surface area contributed by atoms with Gasteiger partial charge in [0.2, 0.25) is 11.8 Å². The number of aromatic nitrogens is 2. The largest absolute Gasteiger partial charge is 0.332 e. The number of amides is 4. The summed E-state index contributed by atoms with van der Waals surface area (Å²) in [6, 6.07) is 4.39. The zero-order chi connectivity index (χ0) is 21.5. The Morgan fingerprint density at radius 3 is 2.81 bits per heavy atom. The second kappa shape index (κ2) is 7.71. The van der Waals surface area contributed by atoms with E-state index in [4.69, 9.17) is 0 Å². The highest BCUT2D eigenvalue weighted by molar-refractivity contribution is 6.23. The van der Waals surface area contributed by atoms with Gasteiger partial charge >= 0.3 is 0 Å². The maximum atomic E-state index is 12.9. The zero-order valence-corrected chi connectivity index (χ0v) is 16.8. The molecule has 4 amide bonds. The predicted octanol–water partition coefficient (Wildman–Crippen LogP) is -0.454. The van der Waals surface area contributed by atoms with Gasteiger partial charge in [-0.3, -0.25) is 29.4 Å². The number of imide groups is 2. The van der Waals surface area contributed by atoms with E-state index in [0.717, 1.165) is 35.9 Å². The van der Waals surface area contributed by atoms with E-state index in [9.17, 15) is 19.2 Å². The molecule has 3 N–H and O–H groups in total.